The maximum absolute atomic E-state index is 12.5. The summed E-state index contributed by atoms with van der Waals surface area (Å²) in [4.78, 5) is 61.7. The van der Waals surface area contributed by atoms with Crippen molar-refractivity contribution in [2.75, 3.05) is 13.6 Å². The molecule has 1 aliphatic heterocycles. The van der Waals surface area contributed by atoms with Gasteiger partial charge in [-0.2, -0.15) is 0 Å². The van der Waals surface area contributed by atoms with Gasteiger partial charge in [-0.05, 0) is 32.4 Å². The summed E-state index contributed by atoms with van der Waals surface area (Å²) in [5.41, 5.74) is 0.389. The van der Waals surface area contributed by atoms with Crippen molar-refractivity contribution in [2.45, 2.75) is 38.3 Å². The lowest BCUT2D eigenvalue weighted by Crippen LogP contribution is -2.41. The third-order valence-electron chi connectivity index (χ3n) is 4.83. The molecule has 0 spiro atoms. The lowest BCUT2D eigenvalue weighted by molar-refractivity contribution is -0.138. The van der Waals surface area contributed by atoms with Crippen LogP contribution in [0.25, 0.3) is 10.2 Å². The third kappa shape index (κ3) is 6.86. The second kappa shape index (κ2) is 12.4. The Morgan fingerprint density at radius 3 is 2.42 bits per heavy atom. The molecule has 2 aromatic rings. The second-order valence-electron chi connectivity index (χ2n) is 6.54. The number of carbonyl (C=O) groups is 4. The predicted molar refractivity (Wildman–Crippen MR) is 112 cm³/mol. The van der Waals surface area contributed by atoms with E-state index in [0.717, 1.165) is 12.8 Å². The molecule has 0 radical (unpaired) electrons. The minimum Gasteiger partial charge on any atom is -0.483 e. The van der Waals surface area contributed by atoms with Crippen LogP contribution >= 0.6 is 11.3 Å². The molecule has 31 heavy (non-hydrogen) atoms. The number of likely N-dealkylation sites (tertiary alicyclic amines) is 1. The fraction of sp³-hybridized carbons (Fsp3) is 0.444. The number of carbonyl (C=O) groups excluding carboxylic acids is 1. The molecular weight excluding hydrogens is 432 g/mol. The van der Waals surface area contributed by atoms with E-state index in [2.05, 4.69) is 15.3 Å². The zero-order chi connectivity index (χ0) is 23.6. The lowest BCUT2D eigenvalue weighted by Gasteiger charge is -2.25. The summed E-state index contributed by atoms with van der Waals surface area (Å²) >= 11 is 1.20. The van der Waals surface area contributed by atoms with Crippen molar-refractivity contribution in [3.8, 4) is 0 Å². The number of nitrogens with one attached hydrogen (secondary N) is 2. The summed E-state index contributed by atoms with van der Waals surface area (Å²) in [5, 5.41) is 26.1. The van der Waals surface area contributed by atoms with Crippen LogP contribution in [0.3, 0.4) is 0 Å². The second-order valence-corrected chi connectivity index (χ2v) is 7.54. The van der Waals surface area contributed by atoms with Gasteiger partial charge in [-0.25, -0.2) is 4.98 Å². The maximum Gasteiger partial charge on any atom is 0.304 e. The van der Waals surface area contributed by atoms with E-state index in [1.165, 1.54) is 17.7 Å². The van der Waals surface area contributed by atoms with Crippen LogP contribution in [0.5, 0.6) is 0 Å². The Morgan fingerprint density at radius 1 is 1.29 bits per heavy atom. The number of carboxylic acids is 1. The molecule has 0 aromatic carbocycles. The highest BCUT2D eigenvalue weighted by Crippen LogP contribution is 2.27. The van der Waals surface area contributed by atoms with Crippen molar-refractivity contribution in [3.63, 3.8) is 0 Å². The van der Waals surface area contributed by atoms with Gasteiger partial charge < -0.3 is 25.6 Å². The minimum absolute atomic E-state index is 0.00761. The first-order chi connectivity index (χ1) is 14.7. The number of aryl methyl sites for hydroxylation is 1. The molecule has 1 saturated heterocycles. The van der Waals surface area contributed by atoms with Crippen LogP contribution in [-0.2, 0) is 14.4 Å². The average molecular weight is 456 g/mol. The molecule has 1 aliphatic rings. The Hall–Kier alpha value is -3.32. The van der Waals surface area contributed by atoms with Crippen LogP contribution in [-0.4, -0.2) is 80.7 Å². The molecule has 170 valence electrons. The summed E-state index contributed by atoms with van der Waals surface area (Å²) in [5.74, 6) is -1.03. The summed E-state index contributed by atoms with van der Waals surface area (Å²) in [6.07, 6.45) is 3.11. The fourth-order valence-electron chi connectivity index (χ4n) is 3.37. The standard InChI is InChI=1S/C16H20N4O4S.2CH2O2/c1-8-12-14(23)18-7-19-16(12)25-13(8)15(24)17-6-10-4-3-9(20(10)2)5-11(21)22;2*2-1-3/h7,9-10H,3-6H2,1-2H3,(H,17,24)(H,21,22)(H,18,19,23);2*1H,(H,2,3)/t9-,10+;;/m1../s1. The minimum atomic E-state index is -0.805. The van der Waals surface area contributed by atoms with Crippen molar-refractivity contribution in [1.82, 2.24) is 20.2 Å². The van der Waals surface area contributed by atoms with Gasteiger partial charge in [0.25, 0.3) is 24.4 Å². The number of nitrogens with zero attached hydrogens (tertiary/aromatic N) is 2. The third-order valence-corrected chi connectivity index (χ3v) is 6.03. The van der Waals surface area contributed by atoms with Crippen molar-refractivity contribution in [2.24, 2.45) is 0 Å². The first-order valence-corrected chi connectivity index (χ1v) is 9.87. The van der Waals surface area contributed by atoms with Gasteiger partial charge in [-0.1, -0.05) is 0 Å². The molecular formula is C18H24N4O8S. The zero-order valence-electron chi connectivity index (χ0n) is 16.9. The van der Waals surface area contributed by atoms with Gasteiger partial charge >= 0.3 is 5.97 Å². The molecule has 3 heterocycles. The number of hydrogen-bond acceptors (Lipinski definition) is 8. The Balaban J connectivity index is 0.000000720. The molecule has 12 nitrogen and oxygen atoms in total. The predicted octanol–water partition coefficient (Wildman–Crippen LogP) is 0.362. The van der Waals surface area contributed by atoms with Crippen LogP contribution in [0.2, 0.25) is 0 Å². The molecule has 2 aromatic heterocycles. The van der Waals surface area contributed by atoms with Crippen LogP contribution in [0, 0.1) is 6.92 Å². The molecule has 0 saturated carbocycles. The number of aromatic amines is 1. The molecule has 1 amide bonds. The van der Waals surface area contributed by atoms with Gasteiger partial charge in [-0.3, -0.25) is 28.9 Å². The van der Waals surface area contributed by atoms with Crippen molar-refractivity contribution in [3.05, 3.63) is 27.1 Å². The van der Waals surface area contributed by atoms with Crippen LogP contribution in [0.4, 0.5) is 0 Å². The number of likely N-dealkylation sites (N-methyl/N-ethyl adjacent to an activating group) is 1. The van der Waals surface area contributed by atoms with Crippen molar-refractivity contribution < 1.29 is 34.5 Å². The summed E-state index contributed by atoms with van der Waals surface area (Å²) in [6.45, 7) is 1.69. The van der Waals surface area contributed by atoms with Gasteiger partial charge in [0.05, 0.1) is 23.0 Å². The quantitative estimate of drug-likeness (QED) is 0.393. The number of thiophene rings is 1. The lowest BCUT2D eigenvalue weighted by atomic mass is 10.1. The maximum atomic E-state index is 12.5. The highest BCUT2D eigenvalue weighted by molar-refractivity contribution is 7.20. The number of aliphatic carboxylic acids is 1. The van der Waals surface area contributed by atoms with Crippen LogP contribution in [0.1, 0.15) is 34.5 Å². The number of H-pyrrole nitrogens is 1. The smallest absolute Gasteiger partial charge is 0.304 e. The molecule has 2 atom stereocenters. The van der Waals surface area contributed by atoms with E-state index in [1.807, 2.05) is 11.9 Å². The fourth-order valence-corrected chi connectivity index (χ4v) is 4.44. The Labute approximate surface area is 180 Å². The van der Waals surface area contributed by atoms with Gasteiger partial charge in [0.2, 0.25) is 0 Å². The van der Waals surface area contributed by atoms with E-state index in [4.69, 9.17) is 24.9 Å². The number of fused-ring (bicyclic) bond motifs is 1. The van der Waals surface area contributed by atoms with E-state index in [9.17, 15) is 14.4 Å². The van der Waals surface area contributed by atoms with Crippen molar-refractivity contribution in [1.29, 1.82) is 0 Å². The zero-order valence-corrected chi connectivity index (χ0v) is 17.7. The number of amides is 1. The normalized spacial score (nSPS) is 17.6. The highest BCUT2D eigenvalue weighted by Gasteiger charge is 2.32. The monoisotopic (exact) mass is 456 g/mol. The van der Waals surface area contributed by atoms with E-state index in [0.29, 0.717) is 27.2 Å². The first kappa shape index (κ1) is 25.7. The van der Waals surface area contributed by atoms with Gasteiger partial charge in [-0.15, -0.1) is 11.3 Å². The number of hydrogen-bond donors (Lipinski definition) is 5. The Morgan fingerprint density at radius 2 is 1.87 bits per heavy atom. The van der Waals surface area contributed by atoms with E-state index in [1.54, 1.807) is 6.92 Å². The Bertz CT molecular complexity index is 967. The van der Waals surface area contributed by atoms with Crippen LogP contribution < -0.4 is 10.9 Å². The summed E-state index contributed by atoms with van der Waals surface area (Å²) in [7, 11) is 1.89. The van der Waals surface area contributed by atoms with E-state index >= 15 is 0 Å². The summed E-state index contributed by atoms with van der Waals surface area (Å²) < 4.78 is 0. The van der Waals surface area contributed by atoms with Gasteiger partial charge in [0.1, 0.15) is 4.83 Å². The topological polar surface area (TPSA) is 190 Å². The molecule has 1 fully saturated rings. The molecule has 0 unspecified atom stereocenters. The van der Waals surface area contributed by atoms with E-state index in [-0.39, 0.29) is 42.9 Å². The van der Waals surface area contributed by atoms with Crippen LogP contribution in [0.15, 0.2) is 11.1 Å². The molecule has 13 heteroatoms. The van der Waals surface area contributed by atoms with Gasteiger partial charge in [0.15, 0.2) is 0 Å². The average Bonchev–Trinajstić information content (AvgIpc) is 3.22. The highest BCUT2D eigenvalue weighted by atomic mass is 32.1. The van der Waals surface area contributed by atoms with Crippen molar-refractivity contribution >= 4 is 46.4 Å². The molecule has 0 bridgehead atoms. The molecule has 0 aliphatic carbocycles. The van der Waals surface area contributed by atoms with Gasteiger partial charge in [0, 0.05) is 18.6 Å². The Kier molecular flexibility index (Phi) is 10.3. The molecule has 3 rings (SSSR count). The SMILES string of the molecule is Cc1c(C(=O)NC[C@@H]2CC[C@H](CC(=O)O)N2C)sc2nc[nH]c(=O)c12.O=CO.O=CO. The first-order valence-electron chi connectivity index (χ1n) is 9.06. The number of carboxylic acid groups (broad SMARTS) is 3. The molecule has 5 N–H and O–H groups in total. The van der Waals surface area contributed by atoms with E-state index < -0.39 is 5.97 Å². The largest absolute Gasteiger partial charge is 0.483 e. The summed E-state index contributed by atoms with van der Waals surface area (Å²) in [6, 6.07) is 0.123. The number of aromatic nitrogens is 2. The number of rotatable bonds is 5.